The summed E-state index contributed by atoms with van der Waals surface area (Å²) < 4.78 is 0. The minimum atomic E-state index is -1.25. The van der Waals surface area contributed by atoms with E-state index in [2.05, 4.69) is 0 Å². The van der Waals surface area contributed by atoms with Gasteiger partial charge in [0.1, 0.15) is 5.54 Å². The van der Waals surface area contributed by atoms with Crippen LogP contribution in [0.1, 0.15) is 19.4 Å². The molecule has 19 heavy (non-hydrogen) atoms. The first-order valence-electron chi connectivity index (χ1n) is 5.70. The van der Waals surface area contributed by atoms with Crippen LogP contribution in [0.5, 0.6) is 0 Å². The number of amides is 1. The molecule has 1 rings (SSSR count). The van der Waals surface area contributed by atoms with Gasteiger partial charge in [-0.15, -0.1) is 0 Å². The molecule has 0 saturated carbocycles. The van der Waals surface area contributed by atoms with Crippen LogP contribution in [0.25, 0.3) is 6.08 Å². The molecule has 0 aromatic heterocycles. The SMILES string of the molecule is CN(C(=O)C=Cc1ccc(Cl)cc1)C(C)(C)C(=O)O. The van der Waals surface area contributed by atoms with Gasteiger partial charge in [0.15, 0.2) is 0 Å². The molecule has 0 aliphatic heterocycles. The smallest absolute Gasteiger partial charge is 0.329 e. The summed E-state index contributed by atoms with van der Waals surface area (Å²) in [6.45, 7) is 2.95. The minimum Gasteiger partial charge on any atom is -0.480 e. The van der Waals surface area contributed by atoms with Crippen LogP contribution in [0.3, 0.4) is 0 Å². The summed E-state index contributed by atoms with van der Waals surface area (Å²) in [5, 5.41) is 9.66. The van der Waals surface area contributed by atoms with E-state index in [1.54, 1.807) is 30.3 Å². The normalized spacial score (nSPS) is 11.6. The summed E-state index contributed by atoms with van der Waals surface area (Å²) in [6.07, 6.45) is 2.96. The first-order chi connectivity index (χ1) is 8.75. The van der Waals surface area contributed by atoms with Crippen LogP contribution in [0.15, 0.2) is 30.3 Å². The minimum absolute atomic E-state index is 0.373. The maximum absolute atomic E-state index is 11.9. The van der Waals surface area contributed by atoms with Gasteiger partial charge in [0.2, 0.25) is 5.91 Å². The zero-order chi connectivity index (χ0) is 14.6. The van der Waals surface area contributed by atoms with Crippen molar-refractivity contribution in [2.75, 3.05) is 7.05 Å². The number of benzene rings is 1. The number of carboxylic acid groups (broad SMARTS) is 1. The Morgan fingerprint density at radius 1 is 1.26 bits per heavy atom. The lowest BCUT2D eigenvalue weighted by Crippen LogP contribution is -2.50. The van der Waals surface area contributed by atoms with Crippen LogP contribution < -0.4 is 0 Å². The number of nitrogens with zero attached hydrogens (tertiary/aromatic N) is 1. The van der Waals surface area contributed by atoms with E-state index in [1.165, 1.54) is 31.9 Å². The Bertz CT molecular complexity index is 506. The van der Waals surface area contributed by atoms with Crippen molar-refractivity contribution in [3.8, 4) is 0 Å². The summed E-state index contributed by atoms with van der Waals surface area (Å²) >= 11 is 5.75. The number of aliphatic carboxylic acids is 1. The van der Waals surface area contributed by atoms with Gasteiger partial charge in [-0.1, -0.05) is 23.7 Å². The van der Waals surface area contributed by atoms with Crippen LogP contribution in [0.4, 0.5) is 0 Å². The van der Waals surface area contributed by atoms with Crippen molar-refractivity contribution in [2.45, 2.75) is 19.4 Å². The van der Waals surface area contributed by atoms with Crippen molar-refractivity contribution in [2.24, 2.45) is 0 Å². The van der Waals surface area contributed by atoms with E-state index in [0.717, 1.165) is 5.56 Å². The molecule has 0 spiro atoms. The molecule has 0 saturated heterocycles. The first-order valence-corrected chi connectivity index (χ1v) is 6.08. The molecule has 0 aliphatic carbocycles. The number of carbonyl (C=O) groups excluding carboxylic acids is 1. The summed E-state index contributed by atoms with van der Waals surface area (Å²) in [4.78, 5) is 24.1. The van der Waals surface area contributed by atoms with Gasteiger partial charge in [0.25, 0.3) is 0 Å². The highest BCUT2D eigenvalue weighted by Gasteiger charge is 2.34. The third-order valence-corrected chi connectivity index (χ3v) is 3.23. The van der Waals surface area contributed by atoms with Gasteiger partial charge in [-0.05, 0) is 37.6 Å². The Kier molecular flexibility index (Phi) is 4.72. The topological polar surface area (TPSA) is 57.6 Å². The Labute approximate surface area is 117 Å². The van der Waals surface area contributed by atoms with Crippen LogP contribution in [-0.4, -0.2) is 34.5 Å². The fourth-order valence-electron chi connectivity index (χ4n) is 1.27. The maximum atomic E-state index is 11.9. The number of likely N-dealkylation sites (N-methyl/N-ethyl adjacent to an activating group) is 1. The van der Waals surface area contributed by atoms with Gasteiger partial charge in [0, 0.05) is 18.1 Å². The number of carbonyl (C=O) groups is 2. The van der Waals surface area contributed by atoms with Gasteiger partial charge < -0.3 is 10.0 Å². The first kappa shape index (κ1) is 15.2. The van der Waals surface area contributed by atoms with Gasteiger partial charge >= 0.3 is 5.97 Å². The van der Waals surface area contributed by atoms with Gasteiger partial charge in [-0.2, -0.15) is 0 Å². The molecular formula is C14H16ClNO3. The van der Waals surface area contributed by atoms with Crippen molar-refractivity contribution >= 4 is 29.6 Å². The highest BCUT2D eigenvalue weighted by molar-refractivity contribution is 6.30. The number of rotatable bonds is 4. The summed E-state index contributed by atoms with van der Waals surface area (Å²) in [7, 11) is 1.46. The zero-order valence-electron chi connectivity index (χ0n) is 11.1. The summed E-state index contributed by atoms with van der Waals surface area (Å²) in [5.74, 6) is -1.43. The van der Waals surface area contributed by atoms with E-state index in [1.807, 2.05) is 0 Å². The molecule has 0 radical (unpaired) electrons. The van der Waals surface area contributed by atoms with E-state index < -0.39 is 11.5 Å². The second kappa shape index (κ2) is 5.89. The van der Waals surface area contributed by atoms with Gasteiger partial charge in [0.05, 0.1) is 0 Å². The third-order valence-electron chi connectivity index (χ3n) is 2.98. The molecule has 0 bridgehead atoms. The third kappa shape index (κ3) is 3.83. The Morgan fingerprint density at radius 3 is 2.26 bits per heavy atom. The van der Waals surface area contributed by atoms with E-state index >= 15 is 0 Å². The lowest BCUT2D eigenvalue weighted by atomic mass is 10.0. The second-order valence-electron chi connectivity index (χ2n) is 4.65. The number of carboxylic acids is 1. The van der Waals surface area contributed by atoms with Gasteiger partial charge in [-0.25, -0.2) is 4.79 Å². The Morgan fingerprint density at radius 2 is 1.79 bits per heavy atom. The van der Waals surface area contributed by atoms with Crippen LogP contribution in [0.2, 0.25) is 5.02 Å². The molecule has 0 aliphatic rings. The van der Waals surface area contributed by atoms with Crippen LogP contribution >= 0.6 is 11.6 Å². The van der Waals surface area contributed by atoms with Crippen molar-refractivity contribution in [3.63, 3.8) is 0 Å². The monoisotopic (exact) mass is 281 g/mol. The van der Waals surface area contributed by atoms with E-state index in [0.29, 0.717) is 5.02 Å². The van der Waals surface area contributed by atoms with E-state index in [4.69, 9.17) is 16.7 Å². The van der Waals surface area contributed by atoms with E-state index in [9.17, 15) is 9.59 Å². The predicted molar refractivity (Wildman–Crippen MR) is 75.0 cm³/mol. The predicted octanol–water partition coefficient (Wildman–Crippen LogP) is 2.67. The van der Waals surface area contributed by atoms with Gasteiger partial charge in [-0.3, -0.25) is 4.79 Å². The van der Waals surface area contributed by atoms with Crippen LogP contribution in [-0.2, 0) is 9.59 Å². The molecule has 0 fully saturated rings. The molecule has 4 nitrogen and oxygen atoms in total. The van der Waals surface area contributed by atoms with Crippen molar-refractivity contribution in [1.82, 2.24) is 4.90 Å². The highest BCUT2D eigenvalue weighted by Crippen LogP contribution is 2.14. The van der Waals surface area contributed by atoms with Crippen molar-refractivity contribution in [3.05, 3.63) is 40.9 Å². The fourth-order valence-corrected chi connectivity index (χ4v) is 1.40. The largest absolute Gasteiger partial charge is 0.480 e. The molecular weight excluding hydrogens is 266 g/mol. The quantitative estimate of drug-likeness (QED) is 0.863. The average Bonchev–Trinajstić information content (AvgIpc) is 2.36. The standard InChI is InChI=1S/C14H16ClNO3/c1-14(2,13(18)19)16(3)12(17)9-6-10-4-7-11(15)8-5-10/h4-9H,1-3H3,(H,18,19). The highest BCUT2D eigenvalue weighted by atomic mass is 35.5. The number of halogens is 1. The number of hydrogen-bond donors (Lipinski definition) is 1. The molecule has 5 heteroatoms. The average molecular weight is 282 g/mol. The molecule has 102 valence electrons. The fraction of sp³-hybridized carbons (Fsp3) is 0.286. The zero-order valence-corrected chi connectivity index (χ0v) is 11.8. The second-order valence-corrected chi connectivity index (χ2v) is 5.08. The molecule has 1 aromatic rings. The van der Waals surface area contributed by atoms with Crippen molar-refractivity contribution < 1.29 is 14.7 Å². The number of hydrogen-bond acceptors (Lipinski definition) is 2. The lowest BCUT2D eigenvalue weighted by molar-refractivity contribution is -0.153. The summed E-state index contributed by atoms with van der Waals surface area (Å²) in [5.41, 5.74) is -0.430. The molecule has 1 aromatic carbocycles. The van der Waals surface area contributed by atoms with Crippen molar-refractivity contribution in [1.29, 1.82) is 0 Å². The van der Waals surface area contributed by atoms with E-state index in [-0.39, 0.29) is 5.91 Å². The molecule has 0 heterocycles. The summed E-state index contributed by atoms with van der Waals surface area (Å²) in [6, 6.07) is 6.98. The molecule has 1 N–H and O–H groups in total. The molecule has 1 amide bonds. The lowest BCUT2D eigenvalue weighted by Gasteiger charge is -2.30. The molecule has 0 unspecified atom stereocenters. The Balaban J connectivity index is 2.80. The Hall–Kier alpha value is -1.81. The maximum Gasteiger partial charge on any atom is 0.329 e. The molecule has 0 atom stereocenters. The van der Waals surface area contributed by atoms with Crippen LogP contribution in [0, 0.1) is 0 Å².